The van der Waals surface area contributed by atoms with Gasteiger partial charge in [0.25, 0.3) is 0 Å². The zero-order chi connectivity index (χ0) is 11.5. The third-order valence-electron chi connectivity index (χ3n) is 2.89. The normalized spacial score (nSPS) is 14.8. The van der Waals surface area contributed by atoms with E-state index in [-0.39, 0.29) is 0 Å². The van der Waals surface area contributed by atoms with Gasteiger partial charge in [0.1, 0.15) is 0 Å². The van der Waals surface area contributed by atoms with Crippen molar-refractivity contribution < 1.29 is 0 Å². The molecule has 1 unspecified atom stereocenters. The Morgan fingerprint density at radius 2 is 1.80 bits per heavy atom. The van der Waals surface area contributed by atoms with Crippen LogP contribution in [0.3, 0.4) is 0 Å². The number of rotatable bonds is 8. The van der Waals surface area contributed by atoms with Gasteiger partial charge >= 0.3 is 0 Å². The molecule has 0 radical (unpaired) electrons. The lowest BCUT2D eigenvalue weighted by atomic mass is 9.89. The van der Waals surface area contributed by atoms with Crippen molar-refractivity contribution in [2.75, 3.05) is 0 Å². The van der Waals surface area contributed by atoms with E-state index < -0.39 is 0 Å². The van der Waals surface area contributed by atoms with E-state index in [9.17, 15) is 0 Å². The van der Waals surface area contributed by atoms with Crippen LogP contribution in [0.4, 0.5) is 0 Å². The van der Waals surface area contributed by atoms with Crippen LogP contribution in [-0.2, 0) is 0 Å². The largest absolute Gasteiger partial charge is 0.0845 e. The van der Waals surface area contributed by atoms with E-state index in [1.165, 1.54) is 32.1 Å². The highest BCUT2D eigenvalue weighted by Crippen LogP contribution is 2.24. The molecule has 0 rings (SSSR count). The fourth-order valence-corrected chi connectivity index (χ4v) is 2.00. The molecule has 0 amide bonds. The molecule has 88 valence electrons. The van der Waals surface area contributed by atoms with Crippen LogP contribution in [0.25, 0.3) is 0 Å². The summed E-state index contributed by atoms with van der Waals surface area (Å²) >= 11 is 0. The van der Waals surface area contributed by atoms with Gasteiger partial charge in [0.05, 0.1) is 0 Å². The average molecular weight is 208 g/mol. The van der Waals surface area contributed by atoms with Gasteiger partial charge in [-0.3, -0.25) is 0 Å². The molecule has 0 aromatic heterocycles. The van der Waals surface area contributed by atoms with Crippen LogP contribution in [-0.4, -0.2) is 0 Å². The van der Waals surface area contributed by atoms with Gasteiger partial charge in [0.15, 0.2) is 0 Å². The minimum Gasteiger partial charge on any atom is -0.0845 e. The second kappa shape index (κ2) is 10.0. The molecule has 0 spiro atoms. The molecule has 0 saturated carbocycles. The first-order valence-electron chi connectivity index (χ1n) is 6.62. The van der Waals surface area contributed by atoms with Crippen LogP contribution in [0.15, 0.2) is 23.8 Å². The Morgan fingerprint density at radius 3 is 2.27 bits per heavy atom. The molecule has 0 aliphatic rings. The van der Waals surface area contributed by atoms with E-state index in [0.29, 0.717) is 0 Å². The number of hydrogen-bond donors (Lipinski definition) is 0. The summed E-state index contributed by atoms with van der Waals surface area (Å²) in [5.41, 5.74) is 1.55. The SMILES string of the molecule is C/C=C(\C=C/CC)C(CCC)CCCC. The fraction of sp³-hybridized carbons (Fsp3) is 0.733. The molecule has 0 aliphatic heterocycles. The van der Waals surface area contributed by atoms with Gasteiger partial charge in [-0.2, -0.15) is 0 Å². The summed E-state index contributed by atoms with van der Waals surface area (Å²) in [6.45, 7) is 8.94. The molecule has 15 heavy (non-hydrogen) atoms. The molecule has 0 fully saturated rings. The highest BCUT2D eigenvalue weighted by atomic mass is 14.1. The van der Waals surface area contributed by atoms with Crippen LogP contribution in [0.2, 0.25) is 0 Å². The topological polar surface area (TPSA) is 0 Å². The van der Waals surface area contributed by atoms with Crippen LogP contribution in [0, 0.1) is 5.92 Å². The smallest absolute Gasteiger partial charge is 0.0165 e. The number of unbranched alkanes of at least 4 members (excludes halogenated alkanes) is 1. The molecular weight excluding hydrogens is 180 g/mol. The third-order valence-corrected chi connectivity index (χ3v) is 2.89. The van der Waals surface area contributed by atoms with Crippen molar-refractivity contribution in [3.63, 3.8) is 0 Å². The van der Waals surface area contributed by atoms with Crippen molar-refractivity contribution in [3.05, 3.63) is 23.8 Å². The van der Waals surface area contributed by atoms with E-state index >= 15 is 0 Å². The highest BCUT2D eigenvalue weighted by Gasteiger charge is 2.09. The number of hydrogen-bond acceptors (Lipinski definition) is 0. The first-order chi connectivity index (χ1) is 7.29. The van der Waals surface area contributed by atoms with Crippen LogP contribution < -0.4 is 0 Å². The van der Waals surface area contributed by atoms with Crippen molar-refractivity contribution in [1.29, 1.82) is 0 Å². The summed E-state index contributed by atoms with van der Waals surface area (Å²) in [4.78, 5) is 0. The van der Waals surface area contributed by atoms with E-state index in [0.717, 1.165) is 12.3 Å². The van der Waals surface area contributed by atoms with E-state index in [2.05, 4.69) is 45.9 Å². The molecule has 0 saturated heterocycles. The first-order valence-corrected chi connectivity index (χ1v) is 6.62. The Morgan fingerprint density at radius 1 is 1.07 bits per heavy atom. The van der Waals surface area contributed by atoms with Crippen molar-refractivity contribution in [2.45, 2.75) is 66.2 Å². The summed E-state index contributed by atoms with van der Waals surface area (Å²) in [6.07, 6.45) is 14.7. The second-order valence-electron chi connectivity index (χ2n) is 4.23. The second-order valence-corrected chi connectivity index (χ2v) is 4.23. The van der Waals surface area contributed by atoms with Crippen LogP contribution >= 0.6 is 0 Å². The quantitative estimate of drug-likeness (QED) is 0.462. The Hall–Kier alpha value is -0.520. The predicted octanol–water partition coefficient (Wildman–Crippen LogP) is 5.51. The lowest BCUT2D eigenvalue weighted by Crippen LogP contribution is -2.02. The maximum Gasteiger partial charge on any atom is -0.0165 e. The molecule has 0 aliphatic carbocycles. The summed E-state index contributed by atoms with van der Waals surface area (Å²) in [5.74, 6) is 0.794. The lowest BCUT2D eigenvalue weighted by molar-refractivity contribution is 0.496. The monoisotopic (exact) mass is 208 g/mol. The molecular formula is C15H28. The molecule has 0 bridgehead atoms. The van der Waals surface area contributed by atoms with Crippen molar-refractivity contribution in [1.82, 2.24) is 0 Å². The van der Waals surface area contributed by atoms with E-state index in [1.807, 2.05) is 0 Å². The lowest BCUT2D eigenvalue weighted by Gasteiger charge is -2.17. The zero-order valence-electron chi connectivity index (χ0n) is 11.1. The highest BCUT2D eigenvalue weighted by molar-refractivity contribution is 5.20. The Labute approximate surface area is 96.5 Å². The summed E-state index contributed by atoms with van der Waals surface area (Å²) in [5, 5.41) is 0. The summed E-state index contributed by atoms with van der Waals surface area (Å²) in [7, 11) is 0. The van der Waals surface area contributed by atoms with Gasteiger partial charge in [-0.1, -0.05) is 58.3 Å². The van der Waals surface area contributed by atoms with Gasteiger partial charge in [-0.15, -0.1) is 0 Å². The van der Waals surface area contributed by atoms with Gasteiger partial charge in [0.2, 0.25) is 0 Å². The molecule has 0 N–H and O–H groups in total. The zero-order valence-corrected chi connectivity index (χ0v) is 11.1. The molecule has 1 atom stereocenters. The Kier molecular flexibility index (Phi) is 9.67. The molecule has 0 heteroatoms. The minimum atomic E-state index is 0.794. The first kappa shape index (κ1) is 14.5. The average Bonchev–Trinajstić information content (AvgIpc) is 2.26. The van der Waals surface area contributed by atoms with Crippen LogP contribution in [0.1, 0.15) is 66.2 Å². The van der Waals surface area contributed by atoms with Gasteiger partial charge in [-0.05, 0) is 37.7 Å². The third kappa shape index (κ3) is 6.54. The summed E-state index contributed by atoms with van der Waals surface area (Å²) < 4.78 is 0. The molecule has 0 nitrogen and oxygen atoms in total. The molecule has 0 heterocycles. The predicted molar refractivity (Wildman–Crippen MR) is 71.1 cm³/mol. The van der Waals surface area contributed by atoms with Gasteiger partial charge in [0, 0.05) is 0 Å². The Bertz CT molecular complexity index is 186. The molecule has 0 aromatic carbocycles. The maximum absolute atomic E-state index is 2.33. The van der Waals surface area contributed by atoms with Gasteiger partial charge < -0.3 is 0 Å². The molecule has 0 aromatic rings. The maximum atomic E-state index is 2.33. The fourth-order valence-electron chi connectivity index (χ4n) is 2.00. The van der Waals surface area contributed by atoms with E-state index in [1.54, 1.807) is 5.57 Å². The van der Waals surface area contributed by atoms with Crippen LogP contribution in [0.5, 0.6) is 0 Å². The van der Waals surface area contributed by atoms with Crippen molar-refractivity contribution >= 4 is 0 Å². The van der Waals surface area contributed by atoms with Crippen molar-refractivity contribution in [2.24, 2.45) is 5.92 Å². The standard InChI is InChI=1S/C15H28/c1-5-9-12-14(8-4)15(11-7-3)13-10-6-2/h8-9,12,15H,5-7,10-11,13H2,1-4H3/b12-9-,14-8+. The van der Waals surface area contributed by atoms with Crippen molar-refractivity contribution in [3.8, 4) is 0 Å². The summed E-state index contributed by atoms with van der Waals surface area (Å²) in [6, 6.07) is 0. The van der Waals surface area contributed by atoms with Gasteiger partial charge in [-0.25, -0.2) is 0 Å². The Balaban J connectivity index is 4.34. The van der Waals surface area contributed by atoms with E-state index in [4.69, 9.17) is 0 Å². The number of allylic oxidation sites excluding steroid dienone is 4. The minimum absolute atomic E-state index is 0.794.